The van der Waals surface area contributed by atoms with Crippen molar-refractivity contribution in [2.24, 2.45) is 0 Å². The lowest BCUT2D eigenvalue weighted by atomic mass is 10.0. The third-order valence-electron chi connectivity index (χ3n) is 3.14. The van der Waals surface area contributed by atoms with E-state index >= 15 is 0 Å². The zero-order valence-corrected chi connectivity index (χ0v) is 13.0. The van der Waals surface area contributed by atoms with Crippen molar-refractivity contribution in [1.29, 1.82) is 0 Å². The normalized spacial score (nSPS) is 10.9. The Morgan fingerprint density at radius 3 is 2.86 bits per heavy atom. The molecule has 2 aromatic rings. The molecule has 2 rings (SSSR count). The molecule has 0 radical (unpaired) electrons. The predicted molar refractivity (Wildman–Crippen MR) is 84.6 cm³/mol. The quantitative estimate of drug-likeness (QED) is 0.784. The lowest BCUT2D eigenvalue weighted by Crippen LogP contribution is -2.15. The van der Waals surface area contributed by atoms with Crippen LogP contribution in [0.2, 0.25) is 0 Å². The molecular weight excluding hydrogens is 262 g/mol. The molecule has 0 atom stereocenters. The van der Waals surface area contributed by atoms with Gasteiger partial charge in [-0.05, 0) is 36.6 Å². The summed E-state index contributed by atoms with van der Waals surface area (Å²) in [6.07, 6.45) is 4.51. The molecule has 0 saturated carbocycles. The fourth-order valence-electron chi connectivity index (χ4n) is 1.97. The topological polar surface area (TPSA) is 47.0 Å². The Morgan fingerprint density at radius 2 is 2.10 bits per heavy atom. The zero-order valence-electron chi connectivity index (χ0n) is 13.0. The Bertz CT molecular complexity index is 569. The SMILES string of the molecule is CCCNCc1cncc(Oc2cccc(C(C)C)c2)n1. The van der Waals surface area contributed by atoms with Gasteiger partial charge in [-0.2, -0.15) is 0 Å². The van der Waals surface area contributed by atoms with Gasteiger partial charge in [0.15, 0.2) is 0 Å². The number of nitrogens with zero attached hydrogens (tertiary/aromatic N) is 2. The van der Waals surface area contributed by atoms with Gasteiger partial charge in [0.05, 0.1) is 11.9 Å². The van der Waals surface area contributed by atoms with E-state index in [2.05, 4.69) is 42.1 Å². The maximum absolute atomic E-state index is 5.81. The Hall–Kier alpha value is -1.94. The molecule has 1 heterocycles. The standard InChI is InChI=1S/C17H23N3O/c1-4-8-18-10-15-11-19-12-17(20-15)21-16-7-5-6-14(9-16)13(2)3/h5-7,9,11-13,18H,4,8,10H2,1-3H3. The summed E-state index contributed by atoms with van der Waals surface area (Å²) in [5.41, 5.74) is 2.14. The van der Waals surface area contributed by atoms with Crippen LogP contribution in [0.5, 0.6) is 11.6 Å². The van der Waals surface area contributed by atoms with Crippen molar-refractivity contribution < 1.29 is 4.74 Å². The van der Waals surface area contributed by atoms with Crippen LogP contribution in [0, 0.1) is 0 Å². The first-order chi connectivity index (χ1) is 10.2. The summed E-state index contributed by atoms with van der Waals surface area (Å²) < 4.78 is 5.81. The van der Waals surface area contributed by atoms with Crippen LogP contribution in [0.4, 0.5) is 0 Å². The van der Waals surface area contributed by atoms with E-state index in [0.29, 0.717) is 18.3 Å². The van der Waals surface area contributed by atoms with Gasteiger partial charge in [0.2, 0.25) is 5.88 Å². The molecule has 112 valence electrons. The second kappa shape index (κ2) is 7.74. The van der Waals surface area contributed by atoms with E-state index in [1.807, 2.05) is 18.2 Å². The van der Waals surface area contributed by atoms with Crippen LogP contribution in [-0.2, 0) is 6.54 Å². The summed E-state index contributed by atoms with van der Waals surface area (Å²) in [7, 11) is 0. The van der Waals surface area contributed by atoms with Gasteiger partial charge in [-0.15, -0.1) is 0 Å². The first kappa shape index (κ1) is 15.4. The van der Waals surface area contributed by atoms with Crippen LogP contribution >= 0.6 is 0 Å². The van der Waals surface area contributed by atoms with Crippen LogP contribution in [0.15, 0.2) is 36.7 Å². The Labute approximate surface area is 126 Å². The number of aromatic nitrogens is 2. The summed E-state index contributed by atoms with van der Waals surface area (Å²) in [4.78, 5) is 8.66. The Kier molecular flexibility index (Phi) is 5.69. The van der Waals surface area contributed by atoms with Crippen molar-refractivity contribution in [1.82, 2.24) is 15.3 Å². The maximum Gasteiger partial charge on any atom is 0.238 e. The molecule has 0 saturated heterocycles. The number of hydrogen-bond acceptors (Lipinski definition) is 4. The largest absolute Gasteiger partial charge is 0.437 e. The monoisotopic (exact) mass is 285 g/mol. The van der Waals surface area contributed by atoms with Gasteiger partial charge in [-0.25, -0.2) is 4.98 Å². The molecule has 0 spiro atoms. The number of rotatable bonds is 7. The molecule has 4 heteroatoms. The van der Waals surface area contributed by atoms with E-state index in [-0.39, 0.29) is 0 Å². The zero-order chi connectivity index (χ0) is 15.1. The molecule has 21 heavy (non-hydrogen) atoms. The van der Waals surface area contributed by atoms with Crippen molar-refractivity contribution in [3.63, 3.8) is 0 Å². The summed E-state index contributed by atoms with van der Waals surface area (Å²) in [5.74, 6) is 1.81. The summed E-state index contributed by atoms with van der Waals surface area (Å²) in [6.45, 7) is 8.16. The predicted octanol–water partition coefficient (Wildman–Crippen LogP) is 3.89. The molecule has 1 aromatic heterocycles. The van der Waals surface area contributed by atoms with Crippen LogP contribution < -0.4 is 10.1 Å². The van der Waals surface area contributed by atoms with Gasteiger partial charge >= 0.3 is 0 Å². The van der Waals surface area contributed by atoms with Gasteiger partial charge in [-0.1, -0.05) is 32.9 Å². The van der Waals surface area contributed by atoms with Gasteiger partial charge in [-0.3, -0.25) is 4.98 Å². The molecule has 4 nitrogen and oxygen atoms in total. The highest BCUT2D eigenvalue weighted by Crippen LogP contribution is 2.23. The van der Waals surface area contributed by atoms with Crippen molar-refractivity contribution in [3.8, 4) is 11.6 Å². The lowest BCUT2D eigenvalue weighted by Gasteiger charge is -2.09. The van der Waals surface area contributed by atoms with Crippen LogP contribution in [-0.4, -0.2) is 16.5 Å². The molecule has 0 unspecified atom stereocenters. The number of hydrogen-bond donors (Lipinski definition) is 1. The van der Waals surface area contributed by atoms with Gasteiger partial charge < -0.3 is 10.1 Å². The summed E-state index contributed by atoms with van der Waals surface area (Å²) in [5, 5.41) is 3.31. The van der Waals surface area contributed by atoms with Crippen molar-refractivity contribution in [2.45, 2.75) is 39.7 Å². The van der Waals surface area contributed by atoms with E-state index < -0.39 is 0 Å². The highest BCUT2D eigenvalue weighted by Gasteiger charge is 2.04. The average Bonchev–Trinajstić information content (AvgIpc) is 2.48. The molecule has 0 aliphatic rings. The van der Waals surface area contributed by atoms with E-state index in [1.165, 1.54) is 5.56 Å². The summed E-state index contributed by atoms with van der Waals surface area (Å²) in [6, 6.07) is 8.10. The van der Waals surface area contributed by atoms with E-state index in [0.717, 1.165) is 24.4 Å². The fourth-order valence-corrected chi connectivity index (χ4v) is 1.97. The third kappa shape index (κ3) is 4.83. The first-order valence-corrected chi connectivity index (χ1v) is 7.48. The van der Waals surface area contributed by atoms with E-state index in [9.17, 15) is 0 Å². The van der Waals surface area contributed by atoms with Gasteiger partial charge in [0.1, 0.15) is 5.75 Å². The molecule has 0 bridgehead atoms. The first-order valence-electron chi connectivity index (χ1n) is 7.48. The fraction of sp³-hybridized carbons (Fsp3) is 0.412. The molecule has 0 fully saturated rings. The third-order valence-corrected chi connectivity index (χ3v) is 3.14. The minimum atomic E-state index is 0.476. The molecule has 0 amide bonds. The van der Waals surface area contributed by atoms with Crippen LogP contribution in [0.3, 0.4) is 0 Å². The van der Waals surface area contributed by atoms with E-state index in [4.69, 9.17) is 4.74 Å². The van der Waals surface area contributed by atoms with Crippen molar-refractivity contribution in [3.05, 3.63) is 47.9 Å². The minimum Gasteiger partial charge on any atom is -0.437 e. The molecular formula is C17H23N3O. The second-order valence-corrected chi connectivity index (χ2v) is 5.35. The average molecular weight is 285 g/mol. The molecule has 1 N–H and O–H groups in total. The highest BCUT2D eigenvalue weighted by atomic mass is 16.5. The second-order valence-electron chi connectivity index (χ2n) is 5.35. The van der Waals surface area contributed by atoms with E-state index in [1.54, 1.807) is 12.4 Å². The summed E-state index contributed by atoms with van der Waals surface area (Å²) >= 11 is 0. The van der Waals surface area contributed by atoms with Crippen molar-refractivity contribution in [2.75, 3.05) is 6.54 Å². The number of nitrogens with one attached hydrogen (secondary N) is 1. The highest BCUT2D eigenvalue weighted by molar-refractivity contribution is 5.32. The van der Waals surface area contributed by atoms with Gasteiger partial charge in [0.25, 0.3) is 0 Å². The Morgan fingerprint density at radius 1 is 1.24 bits per heavy atom. The molecule has 1 aromatic carbocycles. The minimum absolute atomic E-state index is 0.476. The number of ether oxygens (including phenoxy) is 1. The Balaban J connectivity index is 2.05. The maximum atomic E-state index is 5.81. The molecule has 0 aliphatic heterocycles. The smallest absolute Gasteiger partial charge is 0.238 e. The molecule has 0 aliphatic carbocycles. The van der Waals surface area contributed by atoms with Crippen LogP contribution in [0.1, 0.15) is 44.4 Å². The lowest BCUT2D eigenvalue weighted by molar-refractivity contribution is 0.455. The van der Waals surface area contributed by atoms with Gasteiger partial charge in [0, 0.05) is 12.7 Å². The number of benzene rings is 1. The van der Waals surface area contributed by atoms with Crippen LogP contribution in [0.25, 0.3) is 0 Å². The van der Waals surface area contributed by atoms with Crippen molar-refractivity contribution >= 4 is 0 Å².